The molecule has 1 amide bonds. The molecule has 6 heteroatoms. The van der Waals surface area contributed by atoms with E-state index in [-0.39, 0.29) is 5.91 Å². The van der Waals surface area contributed by atoms with E-state index in [2.05, 4.69) is 15.5 Å². The van der Waals surface area contributed by atoms with E-state index in [1.807, 2.05) is 25.1 Å². The van der Waals surface area contributed by atoms with Gasteiger partial charge in [0.2, 0.25) is 0 Å². The molecule has 0 spiro atoms. The fourth-order valence-electron chi connectivity index (χ4n) is 1.81. The summed E-state index contributed by atoms with van der Waals surface area (Å²) in [5.74, 6) is 0.309. The molecular formula is C14H16ClN3O2. The minimum Gasteiger partial charge on any atom is -0.369 e. The van der Waals surface area contributed by atoms with Crippen molar-refractivity contribution < 1.29 is 9.53 Å². The van der Waals surface area contributed by atoms with Crippen molar-refractivity contribution in [3.8, 4) is 11.1 Å². The van der Waals surface area contributed by atoms with E-state index in [4.69, 9.17) is 16.3 Å². The Morgan fingerprint density at radius 3 is 3.05 bits per heavy atom. The predicted octanol–water partition coefficient (Wildman–Crippen LogP) is 3.09. The Kier molecular flexibility index (Phi) is 4.76. The minimum absolute atomic E-state index is 0.223. The number of hydrogen-bond donors (Lipinski definition) is 2. The molecule has 1 aromatic heterocycles. The monoisotopic (exact) mass is 293 g/mol. The molecule has 0 aliphatic carbocycles. The summed E-state index contributed by atoms with van der Waals surface area (Å²) < 4.78 is 5.25. The molecule has 2 aromatic rings. The molecule has 0 aliphatic rings. The van der Waals surface area contributed by atoms with Crippen LogP contribution < -0.4 is 5.32 Å². The molecule has 0 saturated heterocycles. The Hall–Kier alpha value is -1.85. The molecule has 0 unspecified atom stereocenters. The lowest BCUT2D eigenvalue weighted by Crippen LogP contribution is -2.28. The van der Waals surface area contributed by atoms with Crippen molar-refractivity contribution in [1.29, 1.82) is 0 Å². The van der Waals surface area contributed by atoms with Crippen molar-refractivity contribution in [1.82, 2.24) is 10.2 Å². The zero-order valence-corrected chi connectivity index (χ0v) is 12.1. The van der Waals surface area contributed by atoms with Crippen LogP contribution in [0.15, 0.2) is 30.5 Å². The van der Waals surface area contributed by atoms with Crippen LogP contribution in [-0.4, -0.2) is 28.8 Å². The normalized spacial score (nSPS) is 12.2. The third kappa shape index (κ3) is 3.37. The number of H-pyrrole nitrogens is 1. The maximum atomic E-state index is 11.9. The van der Waals surface area contributed by atoms with Gasteiger partial charge in [-0.25, -0.2) is 0 Å². The molecule has 0 radical (unpaired) electrons. The second-order valence-corrected chi connectivity index (χ2v) is 4.69. The topological polar surface area (TPSA) is 67.0 Å². The predicted molar refractivity (Wildman–Crippen MR) is 78.8 cm³/mol. The van der Waals surface area contributed by atoms with Gasteiger partial charge in [0.15, 0.2) is 0 Å². The molecule has 0 saturated carbocycles. The molecule has 20 heavy (non-hydrogen) atoms. The average molecular weight is 294 g/mol. The maximum Gasteiger partial charge on any atom is 0.254 e. The van der Waals surface area contributed by atoms with E-state index in [0.29, 0.717) is 17.4 Å². The van der Waals surface area contributed by atoms with Crippen LogP contribution in [0.4, 0.5) is 5.82 Å². The molecule has 1 aromatic carbocycles. The number of nitrogens with one attached hydrogen (secondary N) is 2. The molecule has 5 nitrogen and oxygen atoms in total. The third-order valence-corrected chi connectivity index (χ3v) is 3.04. The second kappa shape index (κ2) is 6.54. The number of aromatic amines is 1. The second-order valence-electron chi connectivity index (χ2n) is 4.26. The Labute approximate surface area is 122 Å². The number of aromatic nitrogens is 2. The van der Waals surface area contributed by atoms with E-state index in [1.54, 1.807) is 19.2 Å². The first kappa shape index (κ1) is 14.6. The van der Waals surface area contributed by atoms with Crippen LogP contribution in [0.3, 0.4) is 0 Å². The van der Waals surface area contributed by atoms with Crippen LogP contribution in [0.5, 0.6) is 0 Å². The standard InChI is InChI=1S/C14H16ClN3O2/c1-3-20-9(2)14(19)17-13-12(8-16-18-13)10-5-4-6-11(15)7-10/h4-9H,3H2,1-2H3,(H2,16,17,18,19)/t9-/m1/s1. The van der Waals surface area contributed by atoms with Crippen LogP contribution >= 0.6 is 11.6 Å². The summed E-state index contributed by atoms with van der Waals surface area (Å²) in [5, 5.41) is 10.1. The zero-order chi connectivity index (χ0) is 14.5. The Morgan fingerprint density at radius 2 is 2.35 bits per heavy atom. The summed E-state index contributed by atoms with van der Waals surface area (Å²) >= 11 is 5.97. The van der Waals surface area contributed by atoms with Gasteiger partial charge in [-0.2, -0.15) is 5.10 Å². The largest absolute Gasteiger partial charge is 0.369 e. The van der Waals surface area contributed by atoms with Gasteiger partial charge in [0, 0.05) is 17.2 Å². The first-order valence-corrected chi connectivity index (χ1v) is 6.71. The number of nitrogens with zero attached hydrogens (tertiary/aromatic N) is 1. The van der Waals surface area contributed by atoms with Crippen molar-refractivity contribution in [3.63, 3.8) is 0 Å². The lowest BCUT2D eigenvalue weighted by atomic mass is 10.1. The van der Waals surface area contributed by atoms with Gasteiger partial charge >= 0.3 is 0 Å². The number of amides is 1. The molecule has 2 rings (SSSR count). The minimum atomic E-state index is -0.518. The van der Waals surface area contributed by atoms with Crippen LogP contribution in [0.1, 0.15) is 13.8 Å². The molecular weight excluding hydrogens is 278 g/mol. The third-order valence-electron chi connectivity index (χ3n) is 2.81. The summed E-state index contributed by atoms with van der Waals surface area (Å²) in [6.07, 6.45) is 1.13. The van der Waals surface area contributed by atoms with Crippen molar-refractivity contribution in [2.24, 2.45) is 0 Å². The van der Waals surface area contributed by atoms with Gasteiger partial charge in [0.1, 0.15) is 11.9 Å². The number of ether oxygens (including phenoxy) is 1. The van der Waals surface area contributed by atoms with Crippen molar-refractivity contribution in [2.75, 3.05) is 11.9 Å². The molecule has 0 aliphatic heterocycles. The molecule has 0 bridgehead atoms. The number of hydrogen-bond acceptors (Lipinski definition) is 3. The number of anilines is 1. The van der Waals surface area contributed by atoms with Crippen molar-refractivity contribution >= 4 is 23.3 Å². The van der Waals surface area contributed by atoms with E-state index in [0.717, 1.165) is 11.1 Å². The van der Waals surface area contributed by atoms with Gasteiger partial charge < -0.3 is 10.1 Å². The van der Waals surface area contributed by atoms with Gasteiger partial charge in [-0.3, -0.25) is 9.89 Å². The van der Waals surface area contributed by atoms with E-state index in [9.17, 15) is 4.79 Å². The van der Waals surface area contributed by atoms with Gasteiger partial charge in [-0.15, -0.1) is 0 Å². The number of carbonyl (C=O) groups is 1. The summed E-state index contributed by atoms with van der Waals surface area (Å²) in [6.45, 7) is 4.03. The number of carbonyl (C=O) groups excluding carboxylic acids is 1. The number of rotatable bonds is 5. The average Bonchev–Trinajstić information content (AvgIpc) is 2.87. The van der Waals surface area contributed by atoms with E-state index < -0.39 is 6.10 Å². The summed E-state index contributed by atoms with van der Waals surface area (Å²) in [4.78, 5) is 11.9. The lowest BCUT2D eigenvalue weighted by molar-refractivity contribution is -0.126. The molecule has 0 fully saturated rings. The van der Waals surface area contributed by atoms with Gasteiger partial charge in [0.25, 0.3) is 5.91 Å². The first-order chi connectivity index (χ1) is 9.61. The van der Waals surface area contributed by atoms with Crippen LogP contribution in [-0.2, 0) is 9.53 Å². The Morgan fingerprint density at radius 1 is 1.55 bits per heavy atom. The van der Waals surface area contributed by atoms with Gasteiger partial charge in [0.05, 0.1) is 6.20 Å². The fourth-order valence-corrected chi connectivity index (χ4v) is 2.00. The van der Waals surface area contributed by atoms with Gasteiger partial charge in [-0.05, 0) is 31.5 Å². The quantitative estimate of drug-likeness (QED) is 0.890. The van der Waals surface area contributed by atoms with E-state index in [1.165, 1.54) is 0 Å². The summed E-state index contributed by atoms with van der Waals surface area (Å²) in [5.41, 5.74) is 1.66. The Bertz CT molecular complexity index is 598. The fraction of sp³-hybridized carbons (Fsp3) is 0.286. The van der Waals surface area contributed by atoms with Crippen molar-refractivity contribution in [2.45, 2.75) is 20.0 Å². The molecule has 106 valence electrons. The highest BCUT2D eigenvalue weighted by Gasteiger charge is 2.16. The van der Waals surface area contributed by atoms with Crippen LogP contribution in [0.25, 0.3) is 11.1 Å². The highest BCUT2D eigenvalue weighted by atomic mass is 35.5. The van der Waals surface area contributed by atoms with Crippen LogP contribution in [0, 0.1) is 0 Å². The summed E-state index contributed by atoms with van der Waals surface area (Å²) in [6, 6.07) is 7.35. The van der Waals surface area contributed by atoms with E-state index >= 15 is 0 Å². The zero-order valence-electron chi connectivity index (χ0n) is 11.3. The summed E-state index contributed by atoms with van der Waals surface area (Å²) in [7, 11) is 0. The maximum absolute atomic E-state index is 11.9. The lowest BCUT2D eigenvalue weighted by Gasteiger charge is -2.12. The van der Waals surface area contributed by atoms with Crippen molar-refractivity contribution in [3.05, 3.63) is 35.5 Å². The number of benzene rings is 1. The van der Waals surface area contributed by atoms with Crippen LogP contribution in [0.2, 0.25) is 5.02 Å². The highest BCUT2D eigenvalue weighted by molar-refractivity contribution is 6.30. The molecule has 1 heterocycles. The molecule has 2 N–H and O–H groups in total. The SMILES string of the molecule is CCO[C@H](C)C(=O)Nc1[nH]ncc1-c1cccc(Cl)c1. The highest BCUT2D eigenvalue weighted by Crippen LogP contribution is 2.27. The van der Waals surface area contributed by atoms with Gasteiger partial charge in [-0.1, -0.05) is 23.7 Å². The molecule has 1 atom stereocenters. The smallest absolute Gasteiger partial charge is 0.254 e. The Balaban J connectivity index is 2.19. The first-order valence-electron chi connectivity index (χ1n) is 6.33. The number of halogens is 1.